The molecule has 5 heterocycles. The summed E-state index contributed by atoms with van der Waals surface area (Å²) < 4.78 is 44.8. The van der Waals surface area contributed by atoms with Crippen molar-refractivity contribution in [3.8, 4) is 11.4 Å². The van der Waals surface area contributed by atoms with Crippen LogP contribution < -0.4 is 0 Å². The van der Waals surface area contributed by atoms with E-state index in [9.17, 15) is 13.2 Å². The molecule has 0 saturated heterocycles. The SMILES string of the molecule is Cc1cc(C(F)(F)F)nc2sc3c(ncn4nc(CSc5nnc(-c6ccc(Br)cc6)n5C)nc34)c12. The summed E-state index contributed by atoms with van der Waals surface area (Å²) in [6.45, 7) is 1.63. The fourth-order valence-electron chi connectivity index (χ4n) is 3.88. The Labute approximate surface area is 217 Å². The van der Waals surface area contributed by atoms with Crippen molar-refractivity contribution >= 4 is 65.1 Å². The summed E-state index contributed by atoms with van der Waals surface area (Å²) in [7, 11) is 1.89. The topological polar surface area (TPSA) is 86.7 Å². The first-order valence-electron chi connectivity index (χ1n) is 10.5. The van der Waals surface area contributed by atoms with E-state index in [0.29, 0.717) is 43.5 Å². The van der Waals surface area contributed by atoms with Crippen molar-refractivity contribution in [2.75, 3.05) is 0 Å². The maximum absolute atomic E-state index is 13.3. The molecule has 0 bridgehead atoms. The Hall–Kier alpha value is -3.10. The van der Waals surface area contributed by atoms with Gasteiger partial charge in [-0.2, -0.15) is 13.2 Å². The predicted molar refractivity (Wildman–Crippen MR) is 135 cm³/mol. The molecule has 0 saturated carbocycles. The van der Waals surface area contributed by atoms with E-state index in [-0.39, 0.29) is 4.83 Å². The second kappa shape index (κ2) is 8.49. The van der Waals surface area contributed by atoms with Crippen LogP contribution in [0.15, 0.2) is 46.3 Å². The molecule has 14 heteroatoms. The number of pyridine rings is 1. The van der Waals surface area contributed by atoms with Gasteiger partial charge in [0.05, 0.1) is 11.3 Å². The molecule has 0 aliphatic rings. The molecule has 0 spiro atoms. The lowest BCUT2D eigenvalue weighted by atomic mass is 10.1. The van der Waals surface area contributed by atoms with Gasteiger partial charge >= 0.3 is 6.18 Å². The Morgan fingerprint density at radius 2 is 1.89 bits per heavy atom. The van der Waals surface area contributed by atoms with Crippen molar-refractivity contribution < 1.29 is 13.2 Å². The van der Waals surface area contributed by atoms with Crippen LogP contribution in [-0.4, -0.2) is 39.3 Å². The van der Waals surface area contributed by atoms with E-state index in [1.54, 1.807) is 6.92 Å². The first kappa shape index (κ1) is 23.3. The molecule has 36 heavy (non-hydrogen) atoms. The summed E-state index contributed by atoms with van der Waals surface area (Å²) in [6.07, 6.45) is -3.00. The molecule has 0 radical (unpaired) electrons. The highest BCUT2D eigenvalue weighted by atomic mass is 79.9. The summed E-state index contributed by atoms with van der Waals surface area (Å²) in [6, 6.07) is 8.87. The van der Waals surface area contributed by atoms with Gasteiger partial charge in [0.15, 0.2) is 22.5 Å². The molecular weight excluding hydrogens is 577 g/mol. The summed E-state index contributed by atoms with van der Waals surface area (Å²) in [5, 5.41) is 14.4. The predicted octanol–water partition coefficient (Wildman–Crippen LogP) is 6.06. The van der Waals surface area contributed by atoms with Gasteiger partial charge < -0.3 is 4.57 Å². The maximum Gasteiger partial charge on any atom is 0.433 e. The molecule has 0 fully saturated rings. The largest absolute Gasteiger partial charge is 0.433 e. The molecule has 182 valence electrons. The minimum absolute atomic E-state index is 0.274. The van der Waals surface area contributed by atoms with Crippen molar-refractivity contribution in [1.29, 1.82) is 0 Å². The number of thioether (sulfide) groups is 1. The Kier molecular flexibility index (Phi) is 5.50. The third-order valence-corrected chi connectivity index (χ3v) is 8.18. The highest BCUT2D eigenvalue weighted by Crippen LogP contribution is 2.38. The number of aromatic nitrogens is 8. The standard InChI is InChI=1S/C22H14BrF3N8S2/c1-10-7-13(22(24,25)26)28-20-15(10)16-17(36-20)19-29-14(32-34(19)9-27-16)8-35-21-31-30-18(33(21)2)11-3-5-12(23)6-4-11/h3-7,9H,8H2,1-2H3. The van der Waals surface area contributed by atoms with E-state index in [1.165, 1.54) is 22.6 Å². The molecule has 8 nitrogen and oxygen atoms in total. The number of nitrogens with zero attached hydrogens (tertiary/aromatic N) is 8. The lowest BCUT2D eigenvalue weighted by Gasteiger charge is -2.06. The first-order chi connectivity index (χ1) is 17.2. The van der Waals surface area contributed by atoms with Gasteiger partial charge in [0.25, 0.3) is 0 Å². The van der Waals surface area contributed by atoms with Crippen LogP contribution in [0.5, 0.6) is 0 Å². The molecule has 6 rings (SSSR count). The molecule has 0 atom stereocenters. The highest BCUT2D eigenvalue weighted by Gasteiger charge is 2.33. The minimum Gasteiger partial charge on any atom is -0.305 e. The number of halogens is 4. The van der Waals surface area contributed by atoms with Crippen molar-refractivity contribution in [3.05, 3.63) is 58.2 Å². The van der Waals surface area contributed by atoms with Gasteiger partial charge in [0, 0.05) is 22.5 Å². The van der Waals surface area contributed by atoms with Crippen molar-refractivity contribution in [1.82, 2.24) is 39.3 Å². The number of aryl methyl sites for hydroxylation is 1. The fourth-order valence-corrected chi connectivity index (χ4v) is 6.08. The Balaban J connectivity index is 1.33. The van der Waals surface area contributed by atoms with Crippen LogP contribution in [0.3, 0.4) is 0 Å². The second-order valence-corrected chi connectivity index (χ2v) is 10.8. The molecule has 0 unspecified atom stereocenters. The molecule has 0 amide bonds. The number of hydrogen-bond acceptors (Lipinski definition) is 8. The zero-order chi connectivity index (χ0) is 25.2. The van der Waals surface area contributed by atoms with Crippen molar-refractivity contribution in [2.45, 2.75) is 24.0 Å². The third-order valence-electron chi connectivity index (χ3n) is 5.57. The van der Waals surface area contributed by atoms with Gasteiger partial charge in [-0.05, 0) is 30.7 Å². The molecule has 0 N–H and O–H groups in total. The minimum atomic E-state index is -4.52. The van der Waals surface area contributed by atoms with E-state index >= 15 is 0 Å². The lowest BCUT2D eigenvalue weighted by Crippen LogP contribution is -2.07. The van der Waals surface area contributed by atoms with Crippen LogP contribution in [0.1, 0.15) is 17.1 Å². The van der Waals surface area contributed by atoms with Crippen LogP contribution >= 0.6 is 39.0 Å². The Morgan fingerprint density at radius 1 is 1.11 bits per heavy atom. The maximum atomic E-state index is 13.3. The number of benzene rings is 1. The zero-order valence-electron chi connectivity index (χ0n) is 18.6. The normalized spacial score (nSPS) is 12.4. The smallest absolute Gasteiger partial charge is 0.305 e. The van der Waals surface area contributed by atoms with E-state index in [4.69, 9.17) is 0 Å². The Bertz CT molecular complexity index is 1770. The summed E-state index contributed by atoms with van der Waals surface area (Å²) in [5.41, 5.74) is 1.59. The molecule has 0 aliphatic heterocycles. The van der Waals surface area contributed by atoms with Gasteiger partial charge in [-0.25, -0.2) is 19.5 Å². The highest BCUT2D eigenvalue weighted by molar-refractivity contribution is 9.10. The number of thiophene rings is 1. The molecule has 1 aromatic carbocycles. The number of hydrogen-bond donors (Lipinski definition) is 0. The fraction of sp³-hybridized carbons (Fsp3) is 0.182. The van der Waals surface area contributed by atoms with Crippen LogP contribution in [0.4, 0.5) is 13.2 Å². The second-order valence-electron chi connectivity index (χ2n) is 7.98. The Morgan fingerprint density at radius 3 is 2.64 bits per heavy atom. The monoisotopic (exact) mass is 590 g/mol. The molecule has 5 aromatic heterocycles. The third kappa shape index (κ3) is 3.92. The summed E-state index contributed by atoms with van der Waals surface area (Å²) in [4.78, 5) is 13.2. The van der Waals surface area contributed by atoms with Crippen LogP contribution in [0.2, 0.25) is 0 Å². The average Bonchev–Trinajstić information content (AvgIpc) is 3.52. The average molecular weight is 591 g/mol. The van der Waals surface area contributed by atoms with Gasteiger partial charge in [-0.15, -0.1) is 26.6 Å². The van der Waals surface area contributed by atoms with E-state index in [2.05, 4.69) is 46.2 Å². The first-order valence-corrected chi connectivity index (χ1v) is 13.1. The number of fused-ring (bicyclic) bond motifs is 5. The number of rotatable bonds is 4. The van der Waals surface area contributed by atoms with E-state index in [1.807, 2.05) is 35.9 Å². The van der Waals surface area contributed by atoms with Crippen molar-refractivity contribution in [2.24, 2.45) is 7.05 Å². The van der Waals surface area contributed by atoms with Crippen LogP contribution in [0, 0.1) is 6.92 Å². The summed E-state index contributed by atoms with van der Waals surface area (Å²) >= 11 is 6.00. The van der Waals surface area contributed by atoms with Gasteiger partial charge in [0.2, 0.25) is 0 Å². The molecular formula is C22H14BrF3N8S2. The number of alkyl halides is 3. The summed E-state index contributed by atoms with van der Waals surface area (Å²) in [5.74, 6) is 1.71. The van der Waals surface area contributed by atoms with E-state index < -0.39 is 11.9 Å². The van der Waals surface area contributed by atoms with Gasteiger partial charge in [0.1, 0.15) is 21.6 Å². The lowest BCUT2D eigenvalue weighted by molar-refractivity contribution is -0.141. The van der Waals surface area contributed by atoms with Crippen molar-refractivity contribution in [3.63, 3.8) is 0 Å². The molecule has 6 aromatic rings. The van der Waals surface area contributed by atoms with Gasteiger partial charge in [-0.1, -0.05) is 39.8 Å². The van der Waals surface area contributed by atoms with Gasteiger partial charge in [-0.3, -0.25) is 0 Å². The quantitative estimate of drug-likeness (QED) is 0.230. The zero-order valence-corrected chi connectivity index (χ0v) is 21.8. The molecule has 0 aliphatic carbocycles. The van der Waals surface area contributed by atoms with E-state index in [0.717, 1.165) is 33.3 Å². The van der Waals surface area contributed by atoms with Crippen LogP contribution in [0.25, 0.3) is 37.5 Å². The van der Waals surface area contributed by atoms with Crippen LogP contribution in [-0.2, 0) is 19.0 Å².